The molecule has 0 radical (unpaired) electrons. The Kier molecular flexibility index (Phi) is 7.64. The van der Waals surface area contributed by atoms with Gasteiger partial charge in [-0.3, -0.25) is 9.59 Å². The molecule has 4 heteroatoms. The molecule has 2 unspecified atom stereocenters. The lowest BCUT2D eigenvalue weighted by atomic mass is 10.0. The first-order valence-corrected chi connectivity index (χ1v) is 7.93. The molecule has 0 N–H and O–H groups in total. The normalized spacial score (nSPS) is 13.3. The SMILES string of the molecule is CCCCC(=O)N(CC(C)C(=O)OC)C(C)c1ccccc1. The summed E-state index contributed by atoms with van der Waals surface area (Å²) in [6.07, 6.45) is 2.36. The van der Waals surface area contributed by atoms with Gasteiger partial charge in [0, 0.05) is 13.0 Å². The Morgan fingerprint density at radius 3 is 2.36 bits per heavy atom. The van der Waals surface area contributed by atoms with E-state index >= 15 is 0 Å². The maximum absolute atomic E-state index is 12.5. The monoisotopic (exact) mass is 305 g/mol. The van der Waals surface area contributed by atoms with Crippen LogP contribution < -0.4 is 0 Å². The summed E-state index contributed by atoms with van der Waals surface area (Å²) in [4.78, 5) is 26.0. The van der Waals surface area contributed by atoms with E-state index in [-0.39, 0.29) is 23.8 Å². The summed E-state index contributed by atoms with van der Waals surface area (Å²) in [7, 11) is 1.38. The van der Waals surface area contributed by atoms with Crippen LogP contribution in [-0.4, -0.2) is 30.4 Å². The zero-order valence-electron chi connectivity index (χ0n) is 14.0. The molecule has 0 fully saturated rings. The van der Waals surface area contributed by atoms with Crippen molar-refractivity contribution in [2.75, 3.05) is 13.7 Å². The van der Waals surface area contributed by atoms with Gasteiger partial charge in [0.2, 0.25) is 5.91 Å². The fourth-order valence-corrected chi connectivity index (χ4v) is 2.43. The molecule has 2 atom stereocenters. The Labute approximate surface area is 133 Å². The molecule has 1 aromatic rings. The number of nitrogens with zero attached hydrogens (tertiary/aromatic N) is 1. The number of benzene rings is 1. The molecule has 1 rings (SSSR count). The van der Waals surface area contributed by atoms with Crippen LogP contribution in [0.1, 0.15) is 51.6 Å². The number of methoxy groups -OCH3 is 1. The second-order valence-corrected chi connectivity index (χ2v) is 5.66. The minimum absolute atomic E-state index is 0.0577. The van der Waals surface area contributed by atoms with Crippen molar-refractivity contribution >= 4 is 11.9 Å². The van der Waals surface area contributed by atoms with Gasteiger partial charge < -0.3 is 9.64 Å². The number of carbonyl (C=O) groups excluding carboxylic acids is 2. The van der Waals surface area contributed by atoms with Crippen LogP contribution in [0, 0.1) is 5.92 Å². The highest BCUT2D eigenvalue weighted by atomic mass is 16.5. The molecular weight excluding hydrogens is 278 g/mol. The van der Waals surface area contributed by atoms with Gasteiger partial charge in [-0.05, 0) is 18.9 Å². The van der Waals surface area contributed by atoms with E-state index in [1.165, 1.54) is 7.11 Å². The lowest BCUT2D eigenvalue weighted by Crippen LogP contribution is -2.39. The fourth-order valence-electron chi connectivity index (χ4n) is 2.43. The third-order valence-corrected chi connectivity index (χ3v) is 3.89. The van der Waals surface area contributed by atoms with E-state index in [4.69, 9.17) is 4.74 Å². The van der Waals surface area contributed by atoms with E-state index < -0.39 is 0 Å². The van der Waals surface area contributed by atoms with Crippen molar-refractivity contribution in [2.24, 2.45) is 5.92 Å². The number of carbonyl (C=O) groups is 2. The smallest absolute Gasteiger partial charge is 0.310 e. The van der Waals surface area contributed by atoms with Gasteiger partial charge in [-0.25, -0.2) is 0 Å². The summed E-state index contributed by atoms with van der Waals surface area (Å²) in [6.45, 7) is 6.24. The molecule has 1 amide bonds. The molecular formula is C18H27NO3. The van der Waals surface area contributed by atoms with Crippen molar-refractivity contribution in [3.05, 3.63) is 35.9 Å². The highest BCUT2D eigenvalue weighted by Gasteiger charge is 2.25. The number of esters is 1. The van der Waals surface area contributed by atoms with Gasteiger partial charge in [0.05, 0.1) is 19.1 Å². The van der Waals surface area contributed by atoms with E-state index in [9.17, 15) is 9.59 Å². The van der Waals surface area contributed by atoms with Gasteiger partial charge in [0.15, 0.2) is 0 Å². The van der Waals surface area contributed by atoms with E-state index in [2.05, 4.69) is 6.92 Å². The van der Waals surface area contributed by atoms with E-state index in [1.807, 2.05) is 37.3 Å². The van der Waals surface area contributed by atoms with Crippen molar-refractivity contribution < 1.29 is 14.3 Å². The van der Waals surface area contributed by atoms with Crippen molar-refractivity contribution in [3.63, 3.8) is 0 Å². The maximum atomic E-state index is 12.5. The van der Waals surface area contributed by atoms with Crippen molar-refractivity contribution in [1.82, 2.24) is 4.90 Å². The lowest BCUT2D eigenvalue weighted by Gasteiger charge is -2.31. The predicted octanol–water partition coefficient (Wildman–Crippen LogP) is 3.58. The first kappa shape index (κ1) is 18.2. The Balaban J connectivity index is 2.90. The maximum Gasteiger partial charge on any atom is 0.310 e. The second kappa shape index (κ2) is 9.23. The number of rotatable bonds is 8. The third kappa shape index (κ3) is 5.17. The second-order valence-electron chi connectivity index (χ2n) is 5.66. The topological polar surface area (TPSA) is 46.6 Å². The molecule has 0 saturated carbocycles. The van der Waals surface area contributed by atoms with Gasteiger partial charge in [0.25, 0.3) is 0 Å². The number of hydrogen-bond acceptors (Lipinski definition) is 3. The van der Waals surface area contributed by atoms with Crippen LogP contribution in [0.5, 0.6) is 0 Å². The fraction of sp³-hybridized carbons (Fsp3) is 0.556. The predicted molar refractivity (Wildman–Crippen MR) is 87.3 cm³/mol. The van der Waals surface area contributed by atoms with Crippen molar-refractivity contribution in [2.45, 2.75) is 46.1 Å². The number of amides is 1. The molecule has 122 valence electrons. The van der Waals surface area contributed by atoms with Gasteiger partial charge in [0.1, 0.15) is 0 Å². The molecule has 0 heterocycles. The van der Waals surface area contributed by atoms with Crippen molar-refractivity contribution in [1.29, 1.82) is 0 Å². The average Bonchev–Trinajstić information content (AvgIpc) is 2.56. The highest BCUT2D eigenvalue weighted by Crippen LogP contribution is 2.23. The van der Waals surface area contributed by atoms with Crippen LogP contribution in [-0.2, 0) is 14.3 Å². The summed E-state index contributed by atoms with van der Waals surface area (Å²) in [5.74, 6) is -0.524. The Morgan fingerprint density at radius 2 is 1.82 bits per heavy atom. The Hall–Kier alpha value is -1.84. The zero-order chi connectivity index (χ0) is 16.5. The standard InChI is InChI=1S/C18H27NO3/c1-5-6-12-17(20)19(13-14(2)18(21)22-4)15(3)16-10-8-7-9-11-16/h7-11,14-15H,5-6,12-13H2,1-4H3. The van der Waals surface area contributed by atoms with Gasteiger partial charge >= 0.3 is 5.97 Å². The zero-order valence-corrected chi connectivity index (χ0v) is 14.0. The quantitative estimate of drug-likeness (QED) is 0.690. The molecule has 1 aromatic carbocycles. The summed E-state index contributed by atoms with van der Waals surface area (Å²) < 4.78 is 4.78. The molecule has 0 aromatic heterocycles. The molecule has 0 aliphatic carbocycles. The highest BCUT2D eigenvalue weighted by molar-refractivity contribution is 5.78. The number of ether oxygens (including phenoxy) is 1. The Morgan fingerprint density at radius 1 is 1.18 bits per heavy atom. The first-order chi connectivity index (χ1) is 10.5. The van der Waals surface area contributed by atoms with Gasteiger partial charge in [-0.1, -0.05) is 50.6 Å². The van der Waals surface area contributed by atoms with Crippen LogP contribution in [0.15, 0.2) is 30.3 Å². The Bertz CT molecular complexity index is 472. The molecule has 0 aliphatic heterocycles. The average molecular weight is 305 g/mol. The van der Waals surface area contributed by atoms with Crippen molar-refractivity contribution in [3.8, 4) is 0 Å². The summed E-state index contributed by atoms with van der Waals surface area (Å²) in [5, 5.41) is 0. The van der Waals surface area contributed by atoms with E-state index in [0.717, 1.165) is 18.4 Å². The summed E-state index contributed by atoms with van der Waals surface area (Å²) >= 11 is 0. The summed E-state index contributed by atoms with van der Waals surface area (Å²) in [5.41, 5.74) is 1.07. The van der Waals surface area contributed by atoms with Crippen LogP contribution in [0.3, 0.4) is 0 Å². The molecule has 22 heavy (non-hydrogen) atoms. The molecule has 0 saturated heterocycles. The van der Waals surface area contributed by atoms with Crippen LogP contribution >= 0.6 is 0 Å². The number of hydrogen-bond donors (Lipinski definition) is 0. The van der Waals surface area contributed by atoms with Crippen LogP contribution in [0.2, 0.25) is 0 Å². The van der Waals surface area contributed by atoms with Crippen LogP contribution in [0.4, 0.5) is 0 Å². The minimum Gasteiger partial charge on any atom is -0.469 e. The van der Waals surface area contributed by atoms with Gasteiger partial charge in [-0.15, -0.1) is 0 Å². The van der Waals surface area contributed by atoms with E-state index in [1.54, 1.807) is 11.8 Å². The van der Waals surface area contributed by atoms with E-state index in [0.29, 0.717) is 13.0 Å². The minimum atomic E-state index is -0.332. The number of unbranched alkanes of at least 4 members (excludes halogenated alkanes) is 1. The van der Waals surface area contributed by atoms with Crippen LogP contribution in [0.25, 0.3) is 0 Å². The summed E-state index contributed by atoms with van der Waals surface area (Å²) in [6, 6.07) is 9.84. The molecule has 0 bridgehead atoms. The third-order valence-electron chi connectivity index (χ3n) is 3.89. The largest absolute Gasteiger partial charge is 0.469 e. The van der Waals surface area contributed by atoms with Gasteiger partial charge in [-0.2, -0.15) is 0 Å². The molecule has 0 aliphatic rings. The first-order valence-electron chi connectivity index (χ1n) is 7.93. The molecule has 4 nitrogen and oxygen atoms in total. The lowest BCUT2D eigenvalue weighted by molar-refractivity contribution is -0.147. The molecule has 0 spiro atoms.